The van der Waals surface area contributed by atoms with Gasteiger partial charge in [-0.05, 0) is 25.1 Å². The number of halogens is 1. The highest BCUT2D eigenvalue weighted by atomic mass is 19.1. The maximum Gasteiger partial charge on any atom is 0.225 e. The van der Waals surface area contributed by atoms with Crippen molar-refractivity contribution in [2.75, 3.05) is 26.7 Å². The van der Waals surface area contributed by atoms with Gasteiger partial charge in [0, 0.05) is 31.1 Å². The predicted molar refractivity (Wildman–Crippen MR) is 97.7 cm³/mol. The lowest BCUT2D eigenvalue weighted by atomic mass is 9.97. The van der Waals surface area contributed by atoms with E-state index >= 15 is 0 Å². The van der Waals surface area contributed by atoms with E-state index in [4.69, 9.17) is 0 Å². The third kappa shape index (κ3) is 4.07. The second kappa shape index (κ2) is 7.79. The topological polar surface area (TPSA) is 23.6 Å². The molecule has 0 saturated carbocycles. The van der Waals surface area contributed by atoms with E-state index in [0.29, 0.717) is 18.7 Å². The van der Waals surface area contributed by atoms with Crippen molar-refractivity contribution in [3.05, 3.63) is 71.5 Å². The third-order valence-corrected chi connectivity index (χ3v) is 5.03. The van der Waals surface area contributed by atoms with E-state index in [0.717, 1.165) is 13.0 Å². The van der Waals surface area contributed by atoms with Crippen molar-refractivity contribution in [2.24, 2.45) is 5.92 Å². The first-order valence-electron chi connectivity index (χ1n) is 8.83. The zero-order valence-electron chi connectivity index (χ0n) is 14.9. The van der Waals surface area contributed by atoms with E-state index in [1.54, 1.807) is 6.07 Å². The normalized spacial score (nSPS) is 19.6. The first-order chi connectivity index (χ1) is 12.1. The molecule has 3 rings (SSSR count). The standard InChI is InChI=1S/C21H25FN2O/c1-16(14-17-8-4-3-5-9-17)21(25)24-13-12-23(2)20(15-24)18-10-6-7-11-19(18)22/h3-11,16,20H,12-15H2,1-2H3. The Morgan fingerprint density at radius 1 is 1.12 bits per heavy atom. The number of amides is 1. The molecule has 1 fully saturated rings. The molecular weight excluding hydrogens is 315 g/mol. The number of carbonyl (C=O) groups is 1. The number of rotatable bonds is 4. The van der Waals surface area contributed by atoms with Crippen LogP contribution in [0.1, 0.15) is 24.1 Å². The molecular formula is C21H25FN2O. The summed E-state index contributed by atoms with van der Waals surface area (Å²) in [6.07, 6.45) is 0.733. The summed E-state index contributed by atoms with van der Waals surface area (Å²) in [5, 5.41) is 0. The SMILES string of the molecule is CC(Cc1ccccc1)C(=O)N1CCN(C)C(c2ccccc2F)C1. The van der Waals surface area contributed by atoms with Gasteiger partial charge in [-0.2, -0.15) is 0 Å². The van der Waals surface area contributed by atoms with Gasteiger partial charge in [-0.3, -0.25) is 9.69 Å². The lowest BCUT2D eigenvalue weighted by Gasteiger charge is -2.40. The van der Waals surface area contributed by atoms with Gasteiger partial charge in [0.05, 0.1) is 6.04 Å². The van der Waals surface area contributed by atoms with Crippen molar-refractivity contribution in [1.29, 1.82) is 0 Å². The number of carbonyl (C=O) groups excluding carboxylic acids is 1. The predicted octanol–water partition coefficient (Wildman–Crippen LogP) is 3.52. The molecule has 132 valence electrons. The Kier molecular flexibility index (Phi) is 5.49. The molecule has 0 bridgehead atoms. The molecule has 1 amide bonds. The Bertz CT molecular complexity index is 719. The highest BCUT2D eigenvalue weighted by molar-refractivity contribution is 5.79. The van der Waals surface area contributed by atoms with Crippen LogP contribution in [0.4, 0.5) is 4.39 Å². The smallest absolute Gasteiger partial charge is 0.225 e. The number of hydrogen-bond donors (Lipinski definition) is 0. The van der Waals surface area contributed by atoms with Crippen molar-refractivity contribution in [1.82, 2.24) is 9.80 Å². The van der Waals surface area contributed by atoms with Crippen LogP contribution in [-0.4, -0.2) is 42.4 Å². The lowest BCUT2D eigenvalue weighted by molar-refractivity contribution is -0.137. The lowest BCUT2D eigenvalue weighted by Crippen LogP contribution is -2.50. The zero-order chi connectivity index (χ0) is 17.8. The van der Waals surface area contributed by atoms with E-state index in [9.17, 15) is 9.18 Å². The summed E-state index contributed by atoms with van der Waals surface area (Å²) >= 11 is 0. The fraction of sp³-hybridized carbons (Fsp3) is 0.381. The van der Waals surface area contributed by atoms with Crippen LogP contribution in [0, 0.1) is 11.7 Å². The van der Waals surface area contributed by atoms with Gasteiger partial charge < -0.3 is 4.90 Å². The number of piperazine rings is 1. The molecule has 2 aromatic carbocycles. The molecule has 2 unspecified atom stereocenters. The van der Waals surface area contributed by atoms with Crippen molar-refractivity contribution in [3.8, 4) is 0 Å². The molecule has 25 heavy (non-hydrogen) atoms. The number of likely N-dealkylation sites (N-methyl/N-ethyl adjacent to an activating group) is 1. The van der Waals surface area contributed by atoms with E-state index in [1.165, 1.54) is 11.6 Å². The maximum absolute atomic E-state index is 14.2. The molecule has 0 aromatic heterocycles. The van der Waals surface area contributed by atoms with Crippen LogP contribution in [0.3, 0.4) is 0 Å². The summed E-state index contributed by atoms with van der Waals surface area (Å²) in [6, 6.07) is 16.8. The minimum Gasteiger partial charge on any atom is -0.339 e. The summed E-state index contributed by atoms with van der Waals surface area (Å²) in [6.45, 7) is 3.96. The van der Waals surface area contributed by atoms with Gasteiger partial charge in [0.15, 0.2) is 0 Å². The van der Waals surface area contributed by atoms with Gasteiger partial charge in [0.2, 0.25) is 5.91 Å². The molecule has 2 aromatic rings. The molecule has 0 N–H and O–H groups in total. The minimum atomic E-state index is -0.203. The van der Waals surface area contributed by atoms with E-state index in [-0.39, 0.29) is 23.7 Å². The first-order valence-corrected chi connectivity index (χ1v) is 8.83. The first kappa shape index (κ1) is 17.6. The Hall–Kier alpha value is -2.20. The second-order valence-electron chi connectivity index (χ2n) is 6.89. The van der Waals surface area contributed by atoms with Gasteiger partial charge in [0.1, 0.15) is 5.82 Å². The summed E-state index contributed by atoms with van der Waals surface area (Å²) in [5.41, 5.74) is 1.83. The third-order valence-electron chi connectivity index (χ3n) is 5.03. The van der Waals surface area contributed by atoms with Gasteiger partial charge in [-0.25, -0.2) is 4.39 Å². The molecule has 4 heteroatoms. The van der Waals surface area contributed by atoms with Crippen LogP contribution in [0.2, 0.25) is 0 Å². The molecule has 0 spiro atoms. The van der Waals surface area contributed by atoms with Crippen LogP contribution >= 0.6 is 0 Å². The van der Waals surface area contributed by atoms with Crippen molar-refractivity contribution in [2.45, 2.75) is 19.4 Å². The van der Waals surface area contributed by atoms with Gasteiger partial charge in [0.25, 0.3) is 0 Å². The second-order valence-corrected chi connectivity index (χ2v) is 6.89. The van der Waals surface area contributed by atoms with Crippen LogP contribution in [0.15, 0.2) is 54.6 Å². The zero-order valence-corrected chi connectivity index (χ0v) is 14.9. The summed E-state index contributed by atoms with van der Waals surface area (Å²) < 4.78 is 14.2. The Labute approximate surface area is 149 Å². The van der Waals surface area contributed by atoms with Crippen LogP contribution in [-0.2, 0) is 11.2 Å². The number of nitrogens with zero attached hydrogens (tertiary/aromatic N) is 2. The summed E-state index contributed by atoms with van der Waals surface area (Å²) in [4.78, 5) is 16.9. The number of hydrogen-bond acceptors (Lipinski definition) is 2. The molecule has 3 nitrogen and oxygen atoms in total. The maximum atomic E-state index is 14.2. The van der Waals surface area contributed by atoms with Gasteiger partial charge in [-0.1, -0.05) is 55.5 Å². The monoisotopic (exact) mass is 340 g/mol. The Morgan fingerprint density at radius 2 is 1.80 bits per heavy atom. The van der Waals surface area contributed by atoms with Crippen LogP contribution < -0.4 is 0 Å². The molecule has 0 radical (unpaired) electrons. The molecule has 1 saturated heterocycles. The molecule has 2 atom stereocenters. The van der Waals surface area contributed by atoms with Gasteiger partial charge in [-0.15, -0.1) is 0 Å². The van der Waals surface area contributed by atoms with Crippen molar-refractivity contribution < 1.29 is 9.18 Å². The van der Waals surface area contributed by atoms with Crippen molar-refractivity contribution >= 4 is 5.91 Å². The van der Waals surface area contributed by atoms with Crippen molar-refractivity contribution in [3.63, 3.8) is 0 Å². The largest absolute Gasteiger partial charge is 0.339 e. The average molecular weight is 340 g/mol. The summed E-state index contributed by atoms with van der Waals surface area (Å²) in [7, 11) is 1.99. The van der Waals surface area contributed by atoms with E-state index in [1.807, 2.05) is 49.2 Å². The van der Waals surface area contributed by atoms with Crippen LogP contribution in [0.5, 0.6) is 0 Å². The van der Waals surface area contributed by atoms with E-state index < -0.39 is 0 Å². The molecule has 1 aliphatic rings. The fourth-order valence-electron chi connectivity index (χ4n) is 3.52. The summed E-state index contributed by atoms with van der Waals surface area (Å²) in [5.74, 6) is -0.128. The van der Waals surface area contributed by atoms with Gasteiger partial charge >= 0.3 is 0 Å². The highest BCUT2D eigenvalue weighted by Gasteiger charge is 2.31. The Balaban J connectivity index is 1.70. The quantitative estimate of drug-likeness (QED) is 0.850. The average Bonchev–Trinajstić information content (AvgIpc) is 2.63. The van der Waals surface area contributed by atoms with E-state index in [2.05, 4.69) is 17.0 Å². The molecule has 1 heterocycles. The minimum absolute atomic E-state index is 0.0768. The van der Waals surface area contributed by atoms with Crippen LogP contribution in [0.25, 0.3) is 0 Å². The number of benzene rings is 2. The highest BCUT2D eigenvalue weighted by Crippen LogP contribution is 2.27. The molecule has 1 aliphatic heterocycles. The fourth-order valence-corrected chi connectivity index (χ4v) is 3.52. The Morgan fingerprint density at radius 3 is 2.52 bits per heavy atom. The molecule has 0 aliphatic carbocycles.